The van der Waals surface area contributed by atoms with Gasteiger partial charge in [-0.1, -0.05) is 18.5 Å². The van der Waals surface area contributed by atoms with Crippen molar-refractivity contribution >= 4 is 19.7 Å². The van der Waals surface area contributed by atoms with Crippen molar-refractivity contribution in [1.29, 1.82) is 0 Å². The van der Waals surface area contributed by atoms with Gasteiger partial charge in [0.1, 0.15) is 5.75 Å². The van der Waals surface area contributed by atoms with Crippen LogP contribution in [0.15, 0.2) is 4.52 Å². The second kappa shape index (κ2) is 4.75. The van der Waals surface area contributed by atoms with E-state index in [9.17, 15) is 8.42 Å². The minimum Gasteiger partial charge on any atom is -0.339 e. The molecule has 0 aliphatic carbocycles. The number of unbranched alkanes of at least 4 members (excludes halogenated alkanes) is 1. The Morgan fingerprint density at radius 1 is 1.50 bits per heavy atom. The Balaban J connectivity index is 2.59. The summed E-state index contributed by atoms with van der Waals surface area (Å²) in [7, 11) is 1.43. The summed E-state index contributed by atoms with van der Waals surface area (Å²) >= 11 is 0. The van der Waals surface area contributed by atoms with Crippen LogP contribution in [-0.4, -0.2) is 18.6 Å². The monoisotopic (exact) mass is 238 g/mol. The van der Waals surface area contributed by atoms with E-state index in [2.05, 4.69) is 10.1 Å². The average Bonchev–Trinajstić information content (AvgIpc) is 2.46. The van der Waals surface area contributed by atoms with Gasteiger partial charge in [-0.05, 0) is 6.42 Å². The maximum absolute atomic E-state index is 10.7. The number of hydrogen-bond acceptors (Lipinski definition) is 5. The molecule has 0 radical (unpaired) electrons. The normalized spacial score (nSPS) is 11.9. The third-order valence-corrected chi connectivity index (χ3v) is 2.49. The van der Waals surface area contributed by atoms with Crippen molar-refractivity contribution in [3.63, 3.8) is 0 Å². The molecule has 0 spiro atoms. The molecule has 1 aromatic rings. The van der Waals surface area contributed by atoms with Crippen LogP contribution in [0.4, 0.5) is 0 Å². The maximum Gasteiger partial charge on any atom is 0.240 e. The molecular formula is C7H11ClN2O3S. The molecule has 0 N–H and O–H groups in total. The van der Waals surface area contributed by atoms with Crippen LogP contribution in [0.5, 0.6) is 0 Å². The summed E-state index contributed by atoms with van der Waals surface area (Å²) in [5.41, 5.74) is 0. The molecule has 0 saturated carbocycles. The lowest BCUT2D eigenvalue weighted by Crippen LogP contribution is -1.97. The molecule has 1 aromatic heterocycles. The highest BCUT2D eigenvalue weighted by Gasteiger charge is 2.13. The number of hydrogen-bond donors (Lipinski definition) is 0. The zero-order chi connectivity index (χ0) is 10.6. The molecular weight excluding hydrogens is 228 g/mol. The summed E-state index contributed by atoms with van der Waals surface area (Å²) in [6, 6.07) is 0. The highest BCUT2D eigenvalue weighted by Crippen LogP contribution is 2.08. The predicted molar refractivity (Wildman–Crippen MR) is 51.4 cm³/mol. The lowest BCUT2D eigenvalue weighted by Gasteiger charge is -1.88. The molecule has 0 aromatic carbocycles. The summed E-state index contributed by atoms with van der Waals surface area (Å²) in [5, 5.41) is 3.50. The topological polar surface area (TPSA) is 73.1 Å². The zero-order valence-electron chi connectivity index (χ0n) is 7.73. The van der Waals surface area contributed by atoms with Crippen molar-refractivity contribution < 1.29 is 12.9 Å². The summed E-state index contributed by atoms with van der Waals surface area (Å²) in [4.78, 5) is 3.89. The van der Waals surface area contributed by atoms with Crippen LogP contribution in [0.1, 0.15) is 31.5 Å². The molecule has 5 nitrogen and oxygen atoms in total. The lowest BCUT2D eigenvalue weighted by molar-refractivity contribution is 0.371. The first-order valence-electron chi connectivity index (χ1n) is 4.25. The third kappa shape index (κ3) is 4.06. The molecule has 0 aliphatic rings. The highest BCUT2D eigenvalue weighted by molar-refractivity contribution is 8.13. The zero-order valence-corrected chi connectivity index (χ0v) is 9.31. The Bertz CT molecular complexity index is 387. The molecule has 80 valence electrons. The van der Waals surface area contributed by atoms with E-state index in [1.807, 2.05) is 6.92 Å². The van der Waals surface area contributed by atoms with Gasteiger partial charge in [-0.3, -0.25) is 0 Å². The molecule has 0 saturated heterocycles. The van der Waals surface area contributed by atoms with E-state index in [0.717, 1.165) is 12.8 Å². The Labute approximate surface area is 86.9 Å². The third-order valence-electron chi connectivity index (χ3n) is 1.56. The summed E-state index contributed by atoms with van der Waals surface area (Å²) < 4.78 is 26.2. The first kappa shape index (κ1) is 11.5. The van der Waals surface area contributed by atoms with Gasteiger partial charge in [0, 0.05) is 17.1 Å². The lowest BCUT2D eigenvalue weighted by atomic mass is 10.2. The van der Waals surface area contributed by atoms with Crippen molar-refractivity contribution in [1.82, 2.24) is 10.1 Å². The van der Waals surface area contributed by atoms with E-state index in [0.29, 0.717) is 12.3 Å². The number of nitrogens with zero attached hydrogens (tertiary/aromatic N) is 2. The van der Waals surface area contributed by atoms with Crippen molar-refractivity contribution in [3.8, 4) is 0 Å². The largest absolute Gasteiger partial charge is 0.339 e. The Morgan fingerprint density at radius 2 is 2.21 bits per heavy atom. The van der Waals surface area contributed by atoms with Crippen LogP contribution in [0.3, 0.4) is 0 Å². The molecule has 0 unspecified atom stereocenters. The van der Waals surface area contributed by atoms with Gasteiger partial charge in [0.2, 0.25) is 14.9 Å². The fraction of sp³-hybridized carbons (Fsp3) is 0.714. The number of halogens is 1. The van der Waals surface area contributed by atoms with Gasteiger partial charge in [0.05, 0.1) is 0 Å². The summed E-state index contributed by atoms with van der Waals surface area (Å²) in [6.07, 6.45) is 2.63. The fourth-order valence-corrected chi connectivity index (χ4v) is 1.65. The average molecular weight is 239 g/mol. The molecule has 0 bridgehead atoms. The standard InChI is InChI=1S/C7H11ClN2O3S/c1-2-3-4-7-9-6(10-13-7)5-14(8,11)12/h2-5H2,1H3. The molecule has 14 heavy (non-hydrogen) atoms. The van der Waals surface area contributed by atoms with Gasteiger partial charge in [-0.15, -0.1) is 0 Å². The highest BCUT2D eigenvalue weighted by atomic mass is 35.7. The van der Waals surface area contributed by atoms with Crippen LogP contribution < -0.4 is 0 Å². The Hall–Kier alpha value is -0.620. The molecule has 0 atom stereocenters. The number of aromatic nitrogens is 2. The van der Waals surface area contributed by atoms with Gasteiger partial charge in [0.15, 0.2) is 5.82 Å². The quantitative estimate of drug-likeness (QED) is 0.727. The van der Waals surface area contributed by atoms with E-state index >= 15 is 0 Å². The Kier molecular flexibility index (Phi) is 3.88. The van der Waals surface area contributed by atoms with Crippen LogP contribution in [0, 0.1) is 0 Å². The van der Waals surface area contributed by atoms with Gasteiger partial charge in [0.25, 0.3) is 0 Å². The predicted octanol–water partition coefficient (Wildman–Crippen LogP) is 1.48. The minimum atomic E-state index is -3.60. The van der Waals surface area contributed by atoms with Gasteiger partial charge >= 0.3 is 0 Å². The maximum atomic E-state index is 10.7. The minimum absolute atomic E-state index is 0.117. The van der Waals surface area contributed by atoms with Gasteiger partial charge in [-0.2, -0.15) is 4.98 Å². The molecule has 1 rings (SSSR count). The first-order chi connectivity index (χ1) is 6.51. The number of aryl methyl sites for hydroxylation is 1. The van der Waals surface area contributed by atoms with Crippen LogP contribution >= 0.6 is 10.7 Å². The molecule has 1 heterocycles. The molecule has 0 aliphatic heterocycles. The Morgan fingerprint density at radius 3 is 2.79 bits per heavy atom. The molecule has 0 amide bonds. The van der Waals surface area contributed by atoms with E-state index in [1.54, 1.807) is 0 Å². The van der Waals surface area contributed by atoms with Crippen LogP contribution in [0.2, 0.25) is 0 Å². The number of rotatable bonds is 5. The van der Waals surface area contributed by atoms with Crippen molar-refractivity contribution in [2.45, 2.75) is 31.9 Å². The smallest absolute Gasteiger partial charge is 0.240 e. The van der Waals surface area contributed by atoms with Gasteiger partial charge in [-0.25, -0.2) is 8.42 Å². The van der Waals surface area contributed by atoms with Crippen LogP contribution in [0.25, 0.3) is 0 Å². The fourth-order valence-electron chi connectivity index (χ4n) is 0.933. The van der Waals surface area contributed by atoms with E-state index in [4.69, 9.17) is 15.2 Å². The second-order valence-corrected chi connectivity index (χ2v) is 5.67. The summed E-state index contributed by atoms with van der Waals surface area (Å²) in [6.45, 7) is 2.04. The molecule has 0 fully saturated rings. The molecule has 7 heteroatoms. The van der Waals surface area contributed by atoms with Crippen molar-refractivity contribution in [3.05, 3.63) is 11.7 Å². The summed E-state index contributed by atoms with van der Waals surface area (Å²) in [5.74, 6) is 0.192. The second-order valence-electron chi connectivity index (χ2n) is 2.89. The SMILES string of the molecule is CCCCc1nc(CS(=O)(=O)Cl)no1. The van der Waals surface area contributed by atoms with Crippen molar-refractivity contribution in [2.24, 2.45) is 0 Å². The van der Waals surface area contributed by atoms with Gasteiger partial charge < -0.3 is 4.52 Å². The van der Waals surface area contributed by atoms with Crippen molar-refractivity contribution in [2.75, 3.05) is 0 Å². The first-order valence-corrected chi connectivity index (χ1v) is 6.73. The van der Waals surface area contributed by atoms with E-state index in [1.165, 1.54) is 0 Å². The van der Waals surface area contributed by atoms with E-state index < -0.39 is 9.05 Å². The van der Waals surface area contributed by atoms with E-state index in [-0.39, 0.29) is 11.6 Å². The van der Waals surface area contributed by atoms with Crippen LogP contribution in [-0.2, 0) is 21.2 Å².